The number of aryl methyl sites for hydroxylation is 1. The van der Waals surface area contributed by atoms with Crippen molar-refractivity contribution in [3.8, 4) is 5.75 Å². The van der Waals surface area contributed by atoms with Crippen molar-refractivity contribution in [1.82, 2.24) is 9.97 Å². The van der Waals surface area contributed by atoms with Crippen LogP contribution in [0.3, 0.4) is 0 Å². The van der Waals surface area contributed by atoms with Crippen LogP contribution in [0.25, 0.3) is 11.0 Å². The second-order valence-electron chi connectivity index (χ2n) is 5.75. The van der Waals surface area contributed by atoms with Gasteiger partial charge in [0.15, 0.2) is 0 Å². The number of hydrogen-bond donors (Lipinski definition) is 3. The first-order valence-electron chi connectivity index (χ1n) is 7.92. The second-order valence-corrected chi connectivity index (χ2v) is 6.16. The van der Waals surface area contributed by atoms with Crippen LogP contribution in [-0.4, -0.2) is 22.5 Å². The van der Waals surface area contributed by atoms with E-state index in [9.17, 15) is 9.59 Å². The Balaban J connectivity index is 1.47. The maximum absolute atomic E-state index is 12.0. The van der Waals surface area contributed by atoms with Crippen molar-refractivity contribution in [1.29, 1.82) is 0 Å². The summed E-state index contributed by atoms with van der Waals surface area (Å²) in [5.74, 6) is 0.636. The predicted molar refractivity (Wildman–Crippen MR) is 98.5 cm³/mol. The van der Waals surface area contributed by atoms with Gasteiger partial charge in [0.25, 0.3) is 0 Å². The van der Waals surface area contributed by atoms with E-state index in [1.807, 2.05) is 19.1 Å². The van der Waals surface area contributed by atoms with E-state index in [2.05, 4.69) is 15.3 Å². The average molecular weight is 360 g/mol. The lowest BCUT2D eigenvalue weighted by atomic mass is 10.2. The SMILES string of the molecule is Cc1cc(OCCCC(=O)Nc2ccc3[nH]c(=O)[nH]c3c2)ccc1Cl. The molecule has 0 unspecified atom stereocenters. The summed E-state index contributed by atoms with van der Waals surface area (Å²) >= 11 is 5.97. The number of aromatic nitrogens is 2. The number of hydrogen-bond acceptors (Lipinski definition) is 3. The monoisotopic (exact) mass is 359 g/mol. The van der Waals surface area contributed by atoms with Crippen molar-refractivity contribution in [2.75, 3.05) is 11.9 Å². The Morgan fingerprint density at radius 1 is 1.16 bits per heavy atom. The van der Waals surface area contributed by atoms with Crippen molar-refractivity contribution in [2.45, 2.75) is 19.8 Å². The Morgan fingerprint density at radius 3 is 2.76 bits per heavy atom. The number of imidazole rings is 1. The molecule has 0 spiro atoms. The zero-order chi connectivity index (χ0) is 17.8. The molecule has 0 bridgehead atoms. The van der Waals surface area contributed by atoms with E-state index in [0.29, 0.717) is 41.2 Å². The molecule has 1 heterocycles. The molecule has 1 aromatic heterocycles. The van der Waals surface area contributed by atoms with E-state index < -0.39 is 0 Å². The normalized spacial score (nSPS) is 10.8. The van der Waals surface area contributed by atoms with Gasteiger partial charge in [-0.1, -0.05) is 11.6 Å². The summed E-state index contributed by atoms with van der Waals surface area (Å²) in [6, 6.07) is 10.7. The van der Waals surface area contributed by atoms with Crippen molar-refractivity contribution in [2.24, 2.45) is 0 Å². The first-order chi connectivity index (χ1) is 12.0. The minimum atomic E-state index is -0.270. The van der Waals surface area contributed by atoms with E-state index in [4.69, 9.17) is 16.3 Å². The number of ether oxygens (including phenoxy) is 1. The van der Waals surface area contributed by atoms with Gasteiger partial charge in [0, 0.05) is 17.1 Å². The number of carbonyl (C=O) groups excluding carboxylic acids is 1. The van der Waals surface area contributed by atoms with Gasteiger partial charge < -0.3 is 20.0 Å². The fourth-order valence-corrected chi connectivity index (χ4v) is 2.58. The number of nitrogens with one attached hydrogen (secondary N) is 3. The Labute approximate surface area is 149 Å². The highest BCUT2D eigenvalue weighted by Gasteiger charge is 2.05. The maximum atomic E-state index is 12.0. The van der Waals surface area contributed by atoms with Crippen LogP contribution >= 0.6 is 11.6 Å². The molecule has 1 amide bonds. The van der Waals surface area contributed by atoms with Gasteiger partial charge in [-0.05, 0) is 55.3 Å². The number of anilines is 1. The smallest absolute Gasteiger partial charge is 0.323 e. The Kier molecular flexibility index (Phi) is 5.09. The molecular formula is C18H18ClN3O3. The lowest BCUT2D eigenvalue weighted by molar-refractivity contribution is -0.116. The number of fused-ring (bicyclic) bond motifs is 1. The van der Waals surface area contributed by atoms with E-state index in [0.717, 1.165) is 11.3 Å². The first kappa shape index (κ1) is 17.1. The van der Waals surface area contributed by atoms with Crippen molar-refractivity contribution in [3.63, 3.8) is 0 Å². The summed E-state index contributed by atoms with van der Waals surface area (Å²) in [6.07, 6.45) is 0.936. The summed E-state index contributed by atoms with van der Waals surface area (Å²) in [7, 11) is 0. The number of amides is 1. The molecule has 0 aliphatic rings. The van der Waals surface area contributed by atoms with Crippen molar-refractivity contribution in [3.05, 3.63) is 57.5 Å². The number of rotatable bonds is 6. The van der Waals surface area contributed by atoms with Gasteiger partial charge in [-0.3, -0.25) is 4.79 Å². The Hall–Kier alpha value is -2.73. The van der Waals surface area contributed by atoms with Gasteiger partial charge >= 0.3 is 5.69 Å². The molecule has 3 aromatic rings. The molecule has 2 aromatic carbocycles. The fraction of sp³-hybridized carbons (Fsp3) is 0.222. The molecule has 25 heavy (non-hydrogen) atoms. The molecule has 0 aliphatic carbocycles. The van der Waals surface area contributed by atoms with Gasteiger partial charge in [0.2, 0.25) is 5.91 Å². The Bertz CT molecular complexity index is 962. The largest absolute Gasteiger partial charge is 0.494 e. The van der Waals surface area contributed by atoms with E-state index in [1.54, 1.807) is 24.3 Å². The number of carbonyl (C=O) groups is 1. The third-order valence-corrected chi connectivity index (χ3v) is 4.17. The van der Waals surface area contributed by atoms with Crippen LogP contribution in [0.2, 0.25) is 5.02 Å². The average Bonchev–Trinajstić information content (AvgIpc) is 2.94. The van der Waals surface area contributed by atoms with Gasteiger partial charge in [-0.15, -0.1) is 0 Å². The number of aromatic amines is 2. The highest BCUT2D eigenvalue weighted by molar-refractivity contribution is 6.31. The van der Waals surface area contributed by atoms with Crippen LogP contribution < -0.4 is 15.7 Å². The van der Waals surface area contributed by atoms with Crippen LogP contribution in [0.5, 0.6) is 5.75 Å². The predicted octanol–water partition coefficient (Wildman–Crippen LogP) is 3.62. The van der Waals surface area contributed by atoms with E-state index >= 15 is 0 Å². The molecule has 0 saturated heterocycles. The van der Waals surface area contributed by atoms with E-state index in [-0.39, 0.29) is 11.6 Å². The lowest BCUT2D eigenvalue weighted by Crippen LogP contribution is -2.12. The zero-order valence-electron chi connectivity index (χ0n) is 13.7. The fourth-order valence-electron chi connectivity index (χ4n) is 2.46. The first-order valence-corrected chi connectivity index (χ1v) is 8.30. The molecule has 0 radical (unpaired) electrons. The van der Waals surface area contributed by atoms with Crippen LogP contribution in [0.4, 0.5) is 5.69 Å². The summed E-state index contributed by atoms with van der Waals surface area (Å²) in [5.41, 5.74) is 2.68. The molecule has 3 N–H and O–H groups in total. The standard InChI is InChI=1S/C18H18ClN3O3/c1-11-9-13(5-6-14(11)19)25-8-2-3-17(23)20-12-4-7-15-16(10-12)22-18(24)21-15/h4-7,9-10H,2-3,8H2,1H3,(H,20,23)(H2,21,22,24). The molecule has 7 heteroatoms. The molecule has 0 aliphatic heterocycles. The lowest BCUT2D eigenvalue weighted by Gasteiger charge is -2.08. The number of H-pyrrole nitrogens is 2. The van der Waals surface area contributed by atoms with E-state index in [1.165, 1.54) is 0 Å². The third-order valence-electron chi connectivity index (χ3n) is 3.75. The number of halogens is 1. The highest BCUT2D eigenvalue weighted by atomic mass is 35.5. The number of benzene rings is 2. The van der Waals surface area contributed by atoms with Crippen LogP contribution in [-0.2, 0) is 4.79 Å². The second kappa shape index (κ2) is 7.44. The molecule has 130 valence electrons. The third kappa shape index (κ3) is 4.42. The molecule has 0 saturated carbocycles. The molecule has 0 atom stereocenters. The minimum absolute atomic E-state index is 0.104. The minimum Gasteiger partial charge on any atom is -0.494 e. The van der Waals surface area contributed by atoms with Crippen LogP contribution in [0, 0.1) is 6.92 Å². The van der Waals surface area contributed by atoms with Crippen LogP contribution in [0.15, 0.2) is 41.2 Å². The van der Waals surface area contributed by atoms with Gasteiger partial charge in [-0.25, -0.2) is 4.79 Å². The summed E-state index contributed by atoms with van der Waals surface area (Å²) in [5, 5.41) is 3.51. The summed E-state index contributed by atoms with van der Waals surface area (Å²) < 4.78 is 5.62. The zero-order valence-corrected chi connectivity index (χ0v) is 14.4. The molecule has 3 rings (SSSR count). The maximum Gasteiger partial charge on any atom is 0.323 e. The quantitative estimate of drug-likeness (QED) is 0.587. The van der Waals surface area contributed by atoms with Crippen molar-refractivity contribution < 1.29 is 9.53 Å². The highest BCUT2D eigenvalue weighted by Crippen LogP contribution is 2.21. The van der Waals surface area contributed by atoms with Gasteiger partial charge in [0.05, 0.1) is 17.6 Å². The van der Waals surface area contributed by atoms with Crippen LogP contribution in [0.1, 0.15) is 18.4 Å². The topological polar surface area (TPSA) is 87.0 Å². The summed E-state index contributed by atoms with van der Waals surface area (Å²) in [6.45, 7) is 2.36. The summed E-state index contributed by atoms with van der Waals surface area (Å²) in [4.78, 5) is 28.5. The van der Waals surface area contributed by atoms with Gasteiger partial charge in [-0.2, -0.15) is 0 Å². The molecule has 0 fully saturated rings. The van der Waals surface area contributed by atoms with Gasteiger partial charge in [0.1, 0.15) is 5.75 Å². The Morgan fingerprint density at radius 2 is 1.96 bits per heavy atom. The molecular weight excluding hydrogens is 342 g/mol. The van der Waals surface area contributed by atoms with Crippen molar-refractivity contribution >= 4 is 34.2 Å². The molecule has 6 nitrogen and oxygen atoms in total.